The van der Waals surface area contributed by atoms with E-state index >= 15 is 0 Å². The fourth-order valence-electron chi connectivity index (χ4n) is 2.93. The molecule has 0 aliphatic rings. The molecule has 30 heavy (non-hydrogen) atoms. The van der Waals surface area contributed by atoms with Crippen LogP contribution in [0.4, 0.5) is 11.4 Å². The topological polar surface area (TPSA) is 85.1 Å². The molecule has 0 aliphatic heterocycles. The lowest BCUT2D eigenvalue weighted by Crippen LogP contribution is -2.13. The largest absolute Gasteiger partial charge is 0.322 e. The number of hydrogen-bond donors (Lipinski definition) is 1. The van der Waals surface area contributed by atoms with Crippen LogP contribution in [0.3, 0.4) is 0 Å². The van der Waals surface area contributed by atoms with E-state index in [0.29, 0.717) is 11.3 Å². The van der Waals surface area contributed by atoms with Gasteiger partial charge in [-0.15, -0.1) is 11.3 Å². The Hall–Kier alpha value is -3.23. The van der Waals surface area contributed by atoms with Gasteiger partial charge in [0, 0.05) is 29.1 Å². The molecule has 0 spiro atoms. The molecule has 0 saturated heterocycles. The van der Waals surface area contributed by atoms with Crippen molar-refractivity contribution < 1.29 is 9.72 Å². The number of nitro benzene ring substituents is 1. The molecule has 1 amide bonds. The van der Waals surface area contributed by atoms with Crippen molar-refractivity contribution in [1.29, 1.82) is 0 Å². The van der Waals surface area contributed by atoms with E-state index in [-0.39, 0.29) is 11.6 Å². The number of carbonyl (C=O) groups excluding carboxylic acids is 1. The second-order valence-corrected chi connectivity index (χ2v) is 8.90. The van der Waals surface area contributed by atoms with Crippen LogP contribution in [-0.4, -0.2) is 15.8 Å². The van der Waals surface area contributed by atoms with Crippen molar-refractivity contribution in [3.8, 4) is 0 Å². The smallest absolute Gasteiger partial charge is 0.269 e. The van der Waals surface area contributed by atoms with Crippen LogP contribution >= 0.6 is 23.1 Å². The van der Waals surface area contributed by atoms with Crippen LogP contribution in [0, 0.1) is 17.0 Å². The molecule has 1 N–H and O–H groups in total. The number of hydrogen-bond acceptors (Lipinski definition) is 6. The Bertz CT molecular complexity index is 1240. The van der Waals surface area contributed by atoms with E-state index in [1.165, 1.54) is 12.1 Å². The van der Waals surface area contributed by atoms with E-state index in [1.807, 2.05) is 49.4 Å². The number of non-ortho nitro benzene ring substituents is 1. The number of nitro groups is 1. The monoisotopic (exact) mass is 435 g/mol. The lowest BCUT2D eigenvalue weighted by molar-refractivity contribution is -0.384. The molecule has 1 aromatic heterocycles. The van der Waals surface area contributed by atoms with Crippen molar-refractivity contribution in [2.24, 2.45) is 0 Å². The Kier molecular flexibility index (Phi) is 5.78. The minimum absolute atomic E-state index is 0.0870. The van der Waals surface area contributed by atoms with Crippen molar-refractivity contribution >= 4 is 50.6 Å². The van der Waals surface area contributed by atoms with Gasteiger partial charge in [-0.1, -0.05) is 42.1 Å². The first kappa shape index (κ1) is 20.1. The number of benzene rings is 3. The van der Waals surface area contributed by atoms with Gasteiger partial charge < -0.3 is 5.32 Å². The quantitative estimate of drug-likeness (QED) is 0.226. The zero-order valence-electron chi connectivity index (χ0n) is 16.0. The van der Waals surface area contributed by atoms with Gasteiger partial charge >= 0.3 is 0 Å². The Labute approximate surface area is 181 Å². The van der Waals surface area contributed by atoms with Crippen molar-refractivity contribution in [1.82, 2.24) is 4.98 Å². The molecular formula is C22H17N3O3S2. The first-order chi connectivity index (χ1) is 14.5. The maximum Gasteiger partial charge on any atom is 0.269 e. The van der Waals surface area contributed by atoms with Gasteiger partial charge in [-0.25, -0.2) is 4.98 Å². The molecule has 0 fully saturated rings. The number of nitrogens with zero attached hydrogens (tertiary/aromatic N) is 2. The van der Waals surface area contributed by atoms with Gasteiger partial charge in [0.15, 0.2) is 4.34 Å². The highest BCUT2D eigenvalue weighted by molar-refractivity contribution is 8.00. The highest BCUT2D eigenvalue weighted by atomic mass is 32.2. The molecule has 8 heteroatoms. The molecule has 6 nitrogen and oxygen atoms in total. The molecule has 4 aromatic rings. The summed E-state index contributed by atoms with van der Waals surface area (Å²) in [5.41, 5.74) is 4.27. The number of aromatic nitrogens is 1. The minimum atomic E-state index is -0.403. The van der Waals surface area contributed by atoms with E-state index < -0.39 is 4.92 Å². The van der Waals surface area contributed by atoms with Crippen molar-refractivity contribution in [3.05, 3.63) is 93.5 Å². The van der Waals surface area contributed by atoms with Crippen LogP contribution in [-0.2, 0) is 5.75 Å². The number of aryl methyl sites for hydroxylation is 1. The van der Waals surface area contributed by atoms with Gasteiger partial charge in [-0.3, -0.25) is 14.9 Å². The Morgan fingerprint density at radius 2 is 1.90 bits per heavy atom. The minimum Gasteiger partial charge on any atom is -0.322 e. The Morgan fingerprint density at radius 1 is 1.13 bits per heavy atom. The van der Waals surface area contributed by atoms with Crippen LogP contribution in [0.25, 0.3) is 10.2 Å². The van der Waals surface area contributed by atoms with Crippen LogP contribution in [0.15, 0.2) is 71.1 Å². The Balaban J connectivity index is 1.45. The molecule has 4 rings (SSSR count). The summed E-state index contributed by atoms with van der Waals surface area (Å²) in [6.45, 7) is 1.91. The number of anilines is 1. The summed E-state index contributed by atoms with van der Waals surface area (Å²) in [4.78, 5) is 27.5. The van der Waals surface area contributed by atoms with Gasteiger partial charge in [-0.05, 0) is 42.3 Å². The average molecular weight is 436 g/mol. The van der Waals surface area contributed by atoms with Gasteiger partial charge in [-0.2, -0.15) is 0 Å². The molecule has 150 valence electrons. The van der Waals surface area contributed by atoms with Gasteiger partial charge in [0.1, 0.15) is 0 Å². The van der Waals surface area contributed by atoms with Crippen LogP contribution < -0.4 is 5.32 Å². The highest BCUT2D eigenvalue weighted by Crippen LogP contribution is 2.33. The number of carbonyl (C=O) groups is 1. The normalized spacial score (nSPS) is 10.8. The average Bonchev–Trinajstić information content (AvgIpc) is 3.15. The first-order valence-electron chi connectivity index (χ1n) is 9.13. The molecule has 0 aliphatic carbocycles. The lowest BCUT2D eigenvalue weighted by atomic mass is 10.1. The summed E-state index contributed by atoms with van der Waals surface area (Å²) in [5, 5.41) is 13.7. The number of amides is 1. The number of rotatable bonds is 6. The number of thioether (sulfide) groups is 1. The first-order valence-corrected chi connectivity index (χ1v) is 10.9. The molecule has 0 radical (unpaired) electrons. The SMILES string of the molecule is Cc1ccccc1C(=O)Nc1ccc2nc(SCc3ccc([N+](=O)[O-])cc3)sc2c1. The van der Waals surface area contributed by atoms with E-state index in [9.17, 15) is 14.9 Å². The number of fused-ring (bicyclic) bond motifs is 1. The van der Waals surface area contributed by atoms with E-state index in [0.717, 1.165) is 31.4 Å². The van der Waals surface area contributed by atoms with Crippen molar-refractivity contribution in [2.75, 3.05) is 5.32 Å². The fraction of sp³-hybridized carbons (Fsp3) is 0.0909. The standard InChI is InChI=1S/C22H17N3O3S2/c1-14-4-2-3-5-18(14)21(26)23-16-8-11-19-20(12-16)30-22(24-19)29-13-15-6-9-17(10-7-15)25(27)28/h2-12H,13H2,1H3,(H,23,26). The molecular weight excluding hydrogens is 418 g/mol. The zero-order valence-corrected chi connectivity index (χ0v) is 17.6. The molecule has 0 unspecified atom stereocenters. The summed E-state index contributed by atoms with van der Waals surface area (Å²) in [6, 6.07) is 19.7. The molecule has 3 aromatic carbocycles. The second-order valence-electron chi connectivity index (χ2n) is 6.64. The number of nitrogens with one attached hydrogen (secondary N) is 1. The Morgan fingerprint density at radius 3 is 2.63 bits per heavy atom. The van der Waals surface area contributed by atoms with Gasteiger partial charge in [0.25, 0.3) is 11.6 Å². The second kappa shape index (κ2) is 8.64. The third-order valence-electron chi connectivity index (χ3n) is 4.53. The molecule has 0 saturated carbocycles. The van der Waals surface area contributed by atoms with Crippen LogP contribution in [0.2, 0.25) is 0 Å². The summed E-state index contributed by atoms with van der Waals surface area (Å²) >= 11 is 3.14. The van der Waals surface area contributed by atoms with E-state index in [4.69, 9.17) is 0 Å². The zero-order chi connectivity index (χ0) is 21.1. The predicted octanol–water partition coefficient (Wildman–Crippen LogP) is 6.06. The van der Waals surface area contributed by atoms with Gasteiger partial charge in [0.05, 0.1) is 15.1 Å². The lowest BCUT2D eigenvalue weighted by Gasteiger charge is -2.07. The maximum absolute atomic E-state index is 12.5. The molecule has 0 atom stereocenters. The maximum atomic E-state index is 12.5. The van der Waals surface area contributed by atoms with Crippen molar-refractivity contribution in [2.45, 2.75) is 17.0 Å². The van der Waals surface area contributed by atoms with Crippen LogP contribution in [0.5, 0.6) is 0 Å². The third kappa shape index (κ3) is 4.50. The molecule has 0 bridgehead atoms. The number of thiazole rings is 1. The summed E-state index contributed by atoms with van der Waals surface area (Å²) < 4.78 is 1.90. The summed E-state index contributed by atoms with van der Waals surface area (Å²) in [5.74, 6) is 0.541. The fourth-order valence-corrected chi connectivity index (χ4v) is 4.99. The highest BCUT2D eigenvalue weighted by Gasteiger charge is 2.11. The summed E-state index contributed by atoms with van der Waals surface area (Å²) in [7, 11) is 0. The summed E-state index contributed by atoms with van der Waals surface area (Å²) in [6.07, 6.45) is 0. The van der Waals surface area contributed by atoms with Crippen LogP contribution in [0.1, 0.15) is 21.5 Å². The third-order valence-corrected chi connectivity index (χ3v) is 6.76. The predicted molar refractivity (Wildman–Crippen MR) is 121 cm³/mol. The van der Waals surface area contributed by atoms with E-state index in [1.54, 1.807) is 35.2 Å². The van der Waals surface area contributed by atoms with Crippen molar-refractivity contribution in [3.63, 3.8) is 0 Å². The van der Waals surface area contributed by atoms with E-state index in [2.05, 4.69) is 10.3 Å². The molecule has 1 heterocycles. The van der Waals surface area contributed by atoms with Gasteiger partial charge in [0.2, 0.25) is 0 Å².